The Hall–Kier alpha value is -1.84. The Morgan fingerprint density at radius 3 is 1.35 bits per heavy atom. The molecule has 0 bridgehead atoms. The summed E-state index contributed by atoms with van der Waals surface area (Å²) >= 11 is 0. The Morgan fingerprint density at radius 1 is 0.783 bits per heavy atom. The maximum absolute atomic E-state index is 12.1. The number of carbonyl (C=O) groups is 2. The van der Waals surface area contributed by atoms with Gasteiger partial charge in [-0.05, 0) is 24.6 Å². The summed E-state index contributed by atoms with van der Waals surface area (Å²) in [5.41, 5.74) is 1.38. The minimum absolute atomic E-state index is 0.0510. The van der Waals surface area contributed by atoms with Crippen LogP contribution < -0.4 is 10.6 Å². The summed E-state index contributed by atoms with van der Waals surface area (Å²) in [4.78, 5) is 24.2. The molecule has 0 spiro atoms. The first-order valence-electron chi connectivity index (χ1n) is 8.15. The van der Waals surface area contributed by atoms with Crippen molar-refractivity contribution in [2.24, 2.45) is 10.8 Å². The lowest BCUT2D eigenvalue weighted by Crippen LogP contribution is -2.29. The fourth-order valence-corrected chi connectivity index (χ4v) is 1.53. The second-order valence-electron chi connectivity index (χ2n) is 7.39. The average molecular weight is 320 g/mol. The predicted octanol–water partition coefficient (Wildman–Crippen LogP) is 4.99. The Bertz CT molecular complexity index is 503. The number of nitrogens with one attached hydrogen (secondary N) is 2. The summed E-state index contributed by atoms with van der Waals surface area (Å²) in [6, 6.07) is 5.50. The zero-order chi connectivity index (χ0) is 18.4. The van der Waals surface area contributed by atoms with Gasteiger partial charge in [-0.3, -0.25) is 9.59 Å². The highest BCUT2D eigenvalue weighted by atomic mass is 16.2. The summed E-state index contributed by atoms with van der Waals surface area (Å²) in [7, 11) is 0. The van der Waals surface area contributed by atoms with Crippen molar-refractivity contribution in [3.8, 4) is 0 Å². The number of amides is 2. The van der Waals surface area contributed by atoms with Crippen molar-refractivity contribution in [3.63, 3.8) is 0 Å². The molecule has 0 aliphatic heterocycles. The summed E-state index contributed by atoms with van der Waals surface area (Å²) in [5, 5.41) is 5.82. The number of rotatable bonds is 2. The van der Waals surface area contributed by atoms with Crippen molar-refractivity contribution < 1.29 is 9.59 Å². The maximum Gasteiger partial charge on any atom is 0.229 e. The molecule has 2 N–H and O–H groups in total. The van der Waals surface area contributed by atoms with E-state index in [0.717, 1.165) is 16.9 Å². The maximum atomic E-state index is 12.1. The molecule has 0 aliphatic carbocycles. The molecule has 0 heterocycles. The van der Waals surface area contributed by atoms with Gasteiger partial charge in [-0.1, -0.05) is 61.5 Å². The Balaban J connectivity index is 0.00000232. The molecule has 0 aliphatic rings. The Kier molecular flexibility index (Phi) is 7.49. The van der Waals surface area contributed by atoms with E-state index in [1.54, 1.807) is 0 Å². The van der Waals surface area contributed by atoms with Crippen molar-refractivity contribution in [1.29, 1.82) is 0 Å². The average Bonchev–Trinajstić information content (AvgIpc) is 2.43. The van der Waals surface area contributed by atoms with Crippen LogP contribution in [0, 0.1) is 17.8 Å². The van der Waals surface area contributed by atoms with Gasteiger partial charge in [0, 0.05) is 22.2 Å². The highest BCUT2D eigenvalue weighted by Crippen LogP contribution is 2.27. The summed E-state index contributed by atoms with van der Waals surface area (Å²) in [6.45, 7) is 17.1. The molecule has 2 amide bonds. The van der Waals surface area contributed by atoms with Crippen molar-refractivity contribution in [1.82, 2.24) is 0 Å². The molecule has 1 rings (SSSR count). The molecule has 4 nitrogen and oxygen atoms in total. The van der Waals surface area contributed by atoms with Crippen LogP contribution in [0.1, 0.15) is 61.0 Å². The molecule has 0 saturated heterocycles. The summed E-state index contributed by atoms with van der Waals surface area (Å²) < 4.78 is 0. The first kappa shape index (κ1) is 21.2. The summed E-state index contributed by atoms with van der Waals surface area (Å²) in [5.74, 6) is -0.102. The van der Waals surface area contributed by atoms with E-state index in [1.807, 2.05) is 80.5 Å². The predicted molar refractivity (Wildman–Crippen MR) is 98.7 cm³/mol. The standard InChI is InChI=1S/C17H26N2O2.C2H6/c1-11-12(18-14(20)16(2,3)4)9-8-10-13(11)19-15(21)17(5,6)7;1-2/h8-10H,1-7H3,(H,18,20)(H,19,21);1-2H3. The number of hydrogen-bond donors (Lipinski definition) is 2. The van der Waals surface area contributed by atoms with Crippen molar-refractivity contribution >= 4 is 23.2 Å². The topological polar surface area (TPSA) is 58.2 Å². The minimum Gasteiger partial charge on any atom is -0.325 e. The molecule has 0 aromatic heterocycles. The number of benzene rings is 1. The van der Waals surface area contributed by atoms with Crippen molar-refractivity contribution in [3.05, 3.63) is 23.8 Å². The van der Waals surface area contributed by atoms with E-state index in [9.17, 15) is 9.59 Å². The third kappa shape index (κ3) is 6.43. The molecule has 130 valence electrons. The number of anilines is 2. The lowest BCUT2D eigenvalue weighted by atomic mass is 9.95. The van der Waals surface area contributed by atoms with Gasteiger partial charge in [-0.15, -0.1) is 0 Å². The van der Waals surface area contributed by atoms with Crippen molar-refractivity contribution in [2.45, 2.75) is 62.3 Å². The highest BCUT2D eigenvalue weighted by molar-refractivity contribution is 5.98. The quantitative estimate of drug-likeness (QED) is 0.806. The van der Waals surface area contributed by atoms with E-state index in [-0.39, 0.29) is 11.8 Å². The fraction of sp³-hybridized carbons (Fsp3) is 0.579. The van der Waals surface area contributed by atoms with Gasteiger partial charge in [-0.25, -0.2) is 0 Å². The minimum atomic E-state index is -0.461. The van der Waals surface area contributed by atoms with Crippen LogP contribution in [0.5, 0.6) is 0 Å². The van der Waals surface area contributed by atoms with Crippen LogP contribution in [0.15, 0.2) is 18.2 Å². The Labute approximate surface area is 141 Å². The van der Waals surface area contributed by atoms with Gasteiger partial charge in [0.05, 0.1) is 0 Å². The lowest BCUT2D eigenvalue weighted by Gasteiger charge is -2.21. The van der Waals surface area contributed by atoms with Crippen LogP contribution in [0.2, 0.25) is 0 Å². The van der Waals surface area contributed by atoms with Crippen LogP contribution in [0.3, 0.4) is 0 Å². The largest absolute Gasteiger partial charge is 0.325 e. The van der Waals surface area contributed by atoms with Crippen LogP contribution in [0.4, 0.5) is 11.4 Å². The van der Waals surface area contributed by atoms with E-state index in [2.05, 4.69) is 10.6 Å². The molecule has 0 radical (unpaired) electrons. The van der Waals surface area contributed by atoms with Crippen LogP contribution in [-0.2, 0) is 9.59 Å². The van der Waals surface area contributed by atoms with Gasteiger partial charge in [0.25, 0.3) is 0 Å². The van der Waals surface area contributed by atoms with E-state index >= 15 is 0 Å². The molecule has 23 heavy (non-hydrogen) atoms. The molecule has 0 saturated carbocycles. The van der Waals surface area contributed by atoms with E-state index in [1.165, 1.54) is 0 Å². The second-order valence-corrected chi connectivity index (χ2v) is 7.39. The third-order valence-electron chi connectivity index (χ3n) is 3.19. The van der Waals surface area contributed by atoms with Gasteiger partial charge in [0.1, 0.15) is 0 Å². The normalized spacial score (nSPS) is 11.2. The monoisotopic (exact) mass is 320 g/mol. The molecule has 1 aromatic carbocycles. The molecule has 0 atom stereocenters. The first-order chi connectivity index (χ1) is 10.4. The van der Waals surface area contributed by atoms with Crippen LogP contribution in [-0.4, -0.2) is 11.8 Å². The molecular formula is C19H32N2O2. The molecule has 1 aromatic rings. The van der Waals surface area contributed by atoms with Crippen LogP contribution in [0.25, 0.3) is 0 Å². The molecule has 0 unspecified atom stereocenters. The van der Waals surface area contributed by atoms with Gasteiger partial charge < -0.3 is 10.6 Å². The molecule has 4 heteroatoms. The van der Waals surface area contributed by atoms with Gasteiger partial charge in [0.15, 0.2) is 0 Å². The second kappa shape index (κ2) is 8.14. The SMILES string of the molecule is CC.Cc1c(NC(=O)C(C)(C)C)cccc1NC(=O)C(C)(C)C. The van der Waals surface area contributed by atoms with Gasteiger partial charge in [0.2, 0.25) is 11.8 Å². The first-order valence-corrected chi connectivity index (χ1v) is 8.15. The lowest BCUT2D eigenvalue weighted by molar-refractivity contribution is -0.123. The van der Waals surface area contributed by atoms with Crippen LogP contribution >= 0.6 is 0 Å². The zero-order valence-corrected chi connectivity index (χ0v) is 16.0. The number of carbonyl (C=O) groups excluding carboxylic acids is 2. The van der Waals surface area contributed by atoms with Gasteiger partial charge in [-0.2, -0.15) is 0 Å². The number of hydrogen-bond acceptors (Lipinski definition) is 2. The van der Waals surface area contributed by atoms with E-state index < -0.39 is 10.8 Å². The zero-order valence-electron chi connectivity index (χ0n) is 16.0. The summed E-state index contributed by atoms with van der Waals surface area (Å²) in [6.07, 6.45) is 0. The van der Waals surface area contributed by atoms with Crippen molar-refractivity contribution in [2.75, 3.05) is 10.6 Å². The van der Waals surface area contributed by atoms with E-state index in [0.29, 0.717) is 0 Å². The third-order valence-corrected chi connectivity index (χ3v) is 3.19. The highest BCUT2D eigenvalue weighted by Gasteiger charge is 2.24. The van der Waals surface area contributed by atoms with Gasteiger partial charge >= 0.3 is 0 Å². The smallest absolute Gasteiger partial charge is 0.229 e. The fourth-order valence-electron chi connectivity index (χ4n) is 1.53. The Morgan fingerprint density at radius 2 is 1.09 bits per heavy atom. The molecule has 0 fully saturated rings. The molecular weight excluding hydrogens is 288 g/mol. The van der Waals surface area contributed by atoms with E-state index in [4.69, 9.17) is 0 Å².